The minimum atomic E-state index is -0.408. The molecule has 0 aliphatic carbocycles. The Morgan fingerprint density at radius 2 is 2.11 bits per heavy atom. The average Bonchev–Trinajstić information content (AvgIpc) is 2.34. The van der Waals surface area contributed by atoms with E-state index in [-0.39, 0.29) is 24.8 Å². The zero-order valence-corrected chi connectivity index (χ0v) is 11.2. The zero-order valence-electron chi connectivity index (χ0n) is 11.2. The number of halogens is 1. The van der Waals surface area contributed by atoms with Gasteiger partial charge >= 0.3 is 0 Å². The minimum Gasteiger partial charge on any atom is -0.478 e. The standard InChI is InChI=1S/C15H18FNO2/c1-12(2)11-15(18)17-9-5-6-10-19-14-8-4-3-7-13(14)16/h3-4,7-8,12H,9-11H2,1-2H3,(H,17,18). The molecule has 0 aliphatic heterocycles. The van der Waals surface area contributed by atoms with Crippen LogP contribution in [0.1, 0.15) is 20.3 Å². The van der Waals surface area contributed by atoms with Crippen LogP contribution in [0.25, 0.3) is 0 Å². The van der Waals surface area contributed by atoms with Crippen molar-refractivity contribution in [3.05, 3.63) is 30.1 Å². The van der Waals surface area contributed by atoms with Crippen molar-refractivity contribution in [3.8, 4) is 17.6 Å². The maximum atomic E-state index is 13.2. The smallest absolute Gasteiger partial charge is 0.221 e. The Hall–Kier alpha value is -2.02. The van der Waals surface area contributed by atoms with Gasteiger partial charge in [-0.25, -0.2) is 4.39 Å². The number of hydrogen-bond acceptors (Lipinski definition) is 2. The Bertz CT molecular complexity index is 475. The molecule has 0 spiro atoms. The van der Waals surface area contributed by atoms with E-state index in [1.807, 2.05) is 13.8 Å². The molecule has 1 N–H and O–H groups in total. The van der Waals surface area contributed by atoms with E-state index in [1.165, 1.54) is 6.07 Å². The highest BCUT2D eigenvalue weighted by atomic mass is 19.1. The lowest BCUT2D eigenvalue weighted by Crippen LogP contribution is -2.24. The lowest BCUT2D eigenvalue weighted by molar-refractivity contribution is -0.121. The number of amides is 1. The molecule has 102 valence electrons. The van der Waals surface area contributed by atoms with Crippen LogP contribution in [-0.4, -0.2) is 19.1 Å². The number of para-hydroxylation sites is 1. The summed E-state index contributed by atoms with van der Waals surface area (Å²) in [7, 11) is 0. The summed E-state index contributed by atoms with van der Waals surface area (Å²) in [4.78, 5) is 11.3. The van der Waals surface area contributed by atoms with Crippen LogP contribution in [0.3, 0.4) is 0 Å². The molecule has 0 fully saturated rings. The van der Waals surface area contributed by atoms with Crippen molar-refractivity contribution >= 4 is 5.91 Å². The highest BCUT2D eigenvalue weighted by Crippen LogP contribution is 2.14. The van der Waals surface area contributed by atoms with Crippen molar-refractivity contribution in [2.75, 3.05) is 13.2 Å². The molecule has 1 rings (SSSR count). The quantitative estimate of drug-likeness (QED) is 0.828. The lowest BCUT2D eigenvalue weighted by atomic mass is 10.1. The average molecular weight is 263 g/mol. The summed E-state index contributed by atoms with van der Waals surface area (Å²) in [5, 5.41) is 2.68. The van der Waals surface area contributed by atoms with Gasteiger partial charge in [-0.1, -0.05) is 37.8 Å². The van der Waals surface area contributed by atoms with Gasteiger partial charge in [-0.3, -0.25) is 4.79 Å². The summed E-state index contributed by atoms with van der Waals surface area (Å²) in [6.45, 7) is 4.34. The molecule has 1 aromatic carbocycles. The Morgan fingerprint density at radius 1 is 1.37 bits per heavy atom. The molecular weight excluding hydrogens is 245 g/mol. The van der Waals surface area contributed by atoms with E-state index in [0.717, 1.165) is 0 Å². The summed E-state index contributed by atoms with van der Waals surface area (Å²) < 4.78 is 18.3. The van der Waals surface area contributed by atoms with E-state index < -0.39 is 5.82 Å². The molecule has 4 heteroatoms. The molecule has 0 saturated heterocycles. The fraction of sp³-hybridized carbons (Fsp3) is 0.400. The molecule has 0 bridgehead atoms. The molecule has 3 nitrogen and oxygen atoms in total. The van der Waals surface area contributed by atoms with E-state index in [4.69, 9.17) is 4.74 Å². The van der Waals surface area contributed by atoms with Crippen molar-refractivity contribution < 1.29 is 13.9 Å². The third kappa shape index (κ3) is 6.46. The van der Waals surface area contributed by atoms with E-state index in [1.54, 1.807) is 18.2 Å². The number of hydrogen-bond donors (Lipinski definition) is 1. The number of benzene rings is 1. The van der Waals surface area contributed by atoms with Crippen LogP contribution in [0.4, 0.5) is 4.39 Å². The number of rotatable bonds is 5. The predicted octanol–water partition coefficient (Wildman–Crippen LogP) is 2.37. The van der Waals surface area contributed by atoms with Crippen LogP contribution < -0.4 is 10.1 Å². The molecule has 0 aromatic heterocycles. The first-order chi connectivity index (χ1) is 9.09. The molecule has 0 heterocycles. The number of nitrogens with one attached hydrogen (secondary N) is 1. The first-order valence-corrected chi connectivity index (χ1v) is 6.19. The number of carbonyl (C=O) groups excluding carboxylic acids is 1. The SMILES string of the molecule is CC(C)CC(=O)NCC#CCOc1ccccc1F. The normalized spacial score (nSPS) is 9.68. The maximum absolute atomic E-state index is 13.2. The first kappa shape index (κ1) is 15.0. The molecular formula is C15H18FNO2. The topological polar surface area (TPSA) is 38.3 Å². The van der Waals surface area contributed by atoms with Crippen molar-refractivity contribution in [2.45, 2.75) is 20.3 Å². The van der Waals surface area contributed by atoms with Crippen LogP contribution >= 0.6 is 0 Å². The second-order valence-corrected chi connectivity index (χ2v) is 4.45. The number of carbonyl (C=O) groups is 1. The van der Waals surface area contributed by atoms with Crippen LogP contribution in [0.15, 0.2) is 24.3 Å². The molecule has 0 saturated carbocycles. The largest absolute Gasteiger partial charge is 0.478 e. The first-order valence-electron chi connectivity index (χ1n) is 6.19. The molecule has 1 aromatic rings. The Morgan fingerprint density at radius 3 is 2.79 bits per heavy atom. The number of ether oxygens (including phenoxy) is 1. The van der Waals surface area contributed by atoms with Crippen molar-refractivity contribution in [3.63, 3.8) is 0 Å². The van der Waals surface area contributed by atoms with Crippen LogP contribution in [-0.2, 0) is 4.79 Å². The third-order valence-corrected chi connectivity index (χ3v) is 2.23. The fourth-order valence-electron chi connectivity index (χ4n) is 1.37. The lowest BCUT2D eigenvalue weighted by Gasteiger charge is -2.03. The highest BCUT2D eigenvalue weighted by Gasteiger charge is 2.02. The molecule has 0 radical (unpaired) electrons. The highest BCUT2D eigenvalue weighted by molar-refractivity contribution is 5.76. The second kappa shape index (κ2) is 8.15. The van der Waals surface area contributed by atoms with Gasteiger partial charge in [0.1, 0.15) is 6.61 Å². The van der Waals surface area contributed by atoms with Gasteiger partial charge in [0.15, 0.2) is 11.6 Å². The summed E-state index contributed by atoms with van der Waals surface area (Å²) in [6, 6.07) is 6.16. The van der Waals surface area contributed by atoms with Crippen molar-refractivity contribution in [1.29, 1.82) is 0 Å². The second-order valence-electron chi connectivity index (χ2n) is 4.45. The van der Waals surface area contributed by atoms with Crippen LogP contribution in [0.2, 0.25) is 0 Å². The molecule has 0 atom stereocenters. The van der Waals surface area contributed by atoms with Gasteiger partial charge in [0.05, 0.1) is 6.54 Å². The predicted molar refractivity (Wildman–Crippen MR) is 72.1 cm³/mol. The van der Waals surface area contributed by atoms with Gasteiger partial charge in [-0.2, -0.15) is 0 Å². The van der Waals surface area contributed by atoms with Gasteiger partial charge < -0.3 is 10.1 Å². The van der Waals surface area contributed by atoms with Gasteiger partial charge in [0.25, 0.3) is 0 Å². The fourth-order valence-corrected chi connectivity index (χ4v) is 1.37. The van der Waals surface area contributed by atoms with E-state index in [9.17, 15) is 9.18 Å². The zero-order chi connectivity index (χ0) is 14.1. The molecule has 19 heavy (non-hydrogen) atoms. The maximum Gasteiger partial charge on any atom is 0.221 e. The van der Waals surface area contributed by atoms with E-state index in [0.29, 0.717) is 12.3 Å². The van der Waals surface area contributed by atoms with E-state index >= 15 is 0 Å². The van der Waals surface area contributed by atoms with Crippen molar-refractivity contribution in [2.24, 2.45) is 5.92 Å². The van der Waals surface area contributed by atoms with Gasteiger partial charge in [-0.05, 0) is 18.1 Å². The summed E-state index contributed by atoms with van der Waals surface area (Å²) in [5.74, 6) is 5.56. The third-order valence-electron chi connectivity index (χ3n) is 2.23. The monoisotopic (exact) mass is 263 g/mol. The minimum absolute atomic E-state index is 0.0145. The molecule has 0 unspecified atom stereocenters. The van der Waals surface area contributed by atoms with Crippen molar-refractivity contribution in [1.82, 2.24) is 5.32 Å². The Kier molecular flexibility index (Phi) is 6.45. The van der Waals surface area contributed by atoms with Gasteiger partial charge in [0.2, 0.25) is 5.91 Å². The summed E-state index contributed by atoms with van der Waals surface area (Å²) >= 11 is 0. The van der Waals surface area contributed by atoms with Gasteiger partial charge in [0, 0.05) is 6.42 Å². The van der Waals surface area contributed by atoms with Crippen LogP contribution in [0.5, 0.6) is 5.75 Å². The van der Waals surface area contributed by atoms with Crippen LogP contribution in [0, 0.1) is 23.6 Å². The molecule has 0 aliphatic rings. The summed E-state index contributed by atoms with van der Waals surface area (Å²) in [6.07, 6.45) is 0.493. The summed E-state index contributed by atoms with van der Waals surface area (Å²) in [5.41, 5.74) is 0. The van der Waals surface area contributed by atoms with E-state index in [2.05, 4.69) is 17.2 Å². The van der Waals surface area contributed by atoms with Gasteiger partial charge in [-0.15, -0.1) is 0 Å². The molecule has 1 amide bonds. The Balaban J connectivity index is 2.22. The Labute approximate surface area is 113 Å².